The summed E-state index contributed by atoms with van der Waals surface area (Å²) < 4.78 is 5.67. The average Bonchev–Trinajstić information content (AvgIpc) is 2.85. The molecule has 1 spiro atoms. The van der Waals surface area contributed by atoms with E-state index in [0.717, 1.165) is 28.4 Å². The second-order valence-corrected chi connectivity index (χ2v) is 7.95. The Hall–Kier alpha value is -0.980. The van der Waals surface area contributed by atoms with Crippen molar-refractivity contribution in [3.63, 3.8) is 0 Å². The molecule has 1 aliphatic heterocycles. The second kappa shape index (κ2) is 5.28. The molecule has 2 fully saturated rings. The van der Waals surface area contributed by atoms with Crippen LogP contribution < -0.4 is 0 Å². The number of piperidine rings is 1. The average molecular weight is 324 g/mol. The lowest BCUT2D eigenvalue weighted by Gasteiger charge is -2.62. The number of hydrogen-bond donors (Lipinski definition) is 1. The molecule has 1 saturated carbocycles. The summed E-state index contributed by atoms with van der Waals surface area (Å²) in [6.07, 6.45) is 1.95. The molecule has 2 heterocycles. The number of methoxy groups -OCH3 is 1. The lowest BCUT2D eigenvalue weighted by Crippen LogP contribution is -2.69. The van der Waals surface area contributed by atoms with E-state index in [4.69, 9.17) is 4.74 Å². The molecule has 1 aromatic heterocycles. The van der Waals surface area contributed by atoms with Crippen LogP contribution in [0.15, 0.2) is 0 Å². The molecule has 3 rings (SSSR count). The topological polar surface area (TPSA) is 62.7 Å². The third kappa shape index (κ3) is 2.12. The maximum absolute atomic E-state index is 12.7. The Morgan fingerprint density at radius 1 is 1.41 bits per heavy atom. The molecule has 1 aliphatic carbocycles. The van der Waals surface area contributed by atoms with E-state index in [1.165, 1.54) is 11.3 Å². The Labute approximate surface area is 135 Å². The number of amides is 1. The van der Waals surface area contributed by atoms with Gasteiger partial charge in [0.05, 0.1) is 22.4 Å². The third-order valence-electron chi connectivity index (χ3n) is 5.77. The monoisotopic (exact) mass is 324 g/mol. The minimum Gasteiger partial charge on any atom is -0.392 e. The molecule has 1 aromatic rings. The summed E-state index contributed by atoms with van der Waals surface area (Å²) in [5, 5.41) is 11.2. The SMILES string of the molecule is CO[C@@]1(C)C[C@@H](O)C12CCN(C(=O)c1sc(C)nc1C)CC2. The number of carbonyl (C=O) groups is 1. The molecule has 0 unspecified atom stereocenters. The molecule has 2 aliphatic rings. The number of aliphatic hydroxyl groups is 1. The van der Waals surface area contributed by atoms with E-state index in [1.54, 1.807) is 7.11 Å². The summed E-state index contributed by atoms with van der Waals surface area (Å²) in [6.45, 7) is 7.23. The van der Waals surface area contributed by atoms with Crippen LogP contribution in [0.4, 0.5) is 0 Å². The Kier molecular flexibility index (Phi) is 3.82. The van der Waals surface area contributed by atoms with Crippen molar-refractivity contribution < 1.29 is 14.6 Å². The minimum atomic E-state index is -0.318. The standard InChI is InChI=1S/C16H24N2O3S/c1-10-13(22-11(2)17-10)14(20)18-7-5-16(6-8-18)12(19)9-15(16,3)21-4/h12,19H,5-9H2,1-4H3/t12-,15+/m1/s1. The van der Waals surface area contributed by atoms with Crippen molar-refractivity contribution in [3.05, 3.63) is 15.6 Å². The molecule has 1 amide bonds. The van der Waals surface area contributed by atoms with Gasteiger partial charge in [0.1, 0.15) is 4.88 Å². The van der Waals surface area contributed by atoms with Gasteiger partial charge in [0.25, 0.3) is 5.91 Å². The predicted molar refractivity (Wildman–Crippen MR) is 85.2 cm³/mol. The van der Waals surface area contributed by atoms with E-state index in [2.05, 4.69) is 11.9 Å². The van der Waals surface area contributed by atoms with Gasteiger partial charge >= 0.3 is 0 Å². The van der Waals surface area contributed by atoms with Gasteiger partial charge in [-0.3, -0.25) is 4.79 Å². The van der Waals surface area contributed by atoms with Crippen LogP contribution in [0.1, 0.15) is 46.6 Å². The molecule has 0 aromatic carbocycles. The van der Waals surface area contributed by atoms with E-state index in [1.807, 2.05) is 18.7 Å². The zero-order valence-electron chi connectivity index (χ0n) is 13.7. The van der Waals surface area contributed by atoms with Crippen LogP contribution in [0, 0.1) is 19.3 Å². The summed E-state index contributed by atoms with van der Waals surface area (Å²) >= 11 is 1.46. The van der Waals surface area contributed by atoms with Gasteiger partial charge in [0.2, 0.25) is 0 Å². The number of aryl methyl sites for hydroxylation is 2. The Morgan fingerprint density at radius 2 is 2.05 bits per heavy atom. The molecule has 5 nitrogen and oxygen atoms in total. The van der Waals surface area contributed by atoms with Crippen molar-refractivity contribution >= 4 is 17.2 Å². The quantitative estimate of drug-likeness (QED) is 0.905. The maximum Gasteiger partial charge on any atom is 0.265 e. The van der Waals surface area contributed by atoms with Gasteiger partial charge in [-0.2, -0.15) is 0 Å². The largest absolute Gasteiger partial charge is 0.392 e. The van der Waals surface area contributed by atoms with Crippen LogP contribution in [0.2, 0.25) is 0 Å². The molecular weight excluding hydrogens is 300 g/mol. The smallest absolute Gasteiger partial charge is 0.265 e. The number of hydrogen-bond acceptors (Lipinski definition) is 5. The normalized spacial score (nSPS) is 30.4. The molecule has 1 saturated heterocycles. The van der Waals surface area contributed by atoms with Crippen molar-refractivity contribution in [1.29, 1.82) is 0 Å². The highest BCUT2D eigenvalue weighted by Gasteiger charge is 2.63. The van der Waals surface area contributed by atoms with Gasteiger partial charge < -0.3 is 14.7 Å². The number of thiazole rings is 1. The molecule has 6 heteroatoms. The fourth-order valence-electron chi connectivity index (χ4n) is 4.12. The molecule has 1 N–H and O–H groups in total. The summed E-state index contributed by atoms with van der Waals surface area (Å²) in [7, 11) is 1.72. The number of rotatable bonds is 2. The van der Waals surface area contributed by atoms with Gasteiger partial charge in [-0.1, -0.05) is 0 Å². The minimum absolute atomic E-state index is 0.0749. The van der Waals surface area contributed by atoms with Crippen molar-refractivity contribution in [3.8, 4) is 0 Å². The molecule has 22 heavy (non-hydrogen) atoms. The fourth-order valence-corrected chi connectivity index (χ4v) is 5.01. The highest BCUT2D eigenvalue weighted by Crippen LogP contribution is 2.58. The summed E-state index contributed by atoms with van der Waals surface area (Å²) in [6, 6.07) is 0. The first-order valence-electron chi connectivity index (χ1n) is 7.79. The first-order chi connectivity index (χ1) is 10.3. The van der Waals surface area contributed by atoms with Crippen LogP contribution in [0.5, 0.6) is 0 Å². The van der Waals surface area contributed by atoms with Gasteiger partial charge in [0, 0.05) is 32.0 Å². The summed E-state index contributed by atoms with van der Waals surface area (Å²) in [5.74, 6) is 0.0749. The van der Waals surface area contributed by atoms with Crippen molar-refractivity contribution in [2.24, 2.45) is 5.41 Å². The zero-order valence-corrected chi connectivity index (χ0v) is 14.5. The maximum atomic E-state index is 12.7. The second-order valence-electron chi connectivity index (χ2n) is 6.75. The van der Waals surface area contributed by atoms with Gasteiger partial charge in [-0.05, 0) is 33.6 Å². The van der Waals surface area contributed by atoms with Crippen LogP contribution >= 0.6 is 11.3 Å². The third-order valence-corrected chi connectivity index (χ3v) is 6.83. The predicted octanol–water partition coefficient (Wildman–Crippen LogP) is 2.15. The Balaban J connectivity index is 1.72. The highest BCUT2D eigenvalue weighted by molar-refractivity contribution is 7.13. The molecule has 0 bridgehead atoms. The number of nitrogens with zero attached hydrogens (tertiary/aromatic N) is 2. The number of likely N-dealkylation sites (tertiary alicyclic amines) is 1. The van der Waals surface area contributed by atoms with Gasteiger partial charge in [-0.15, -0.1) is 11.3 Å². The Morgan fingerprint density at radius 3 is 2.50 bits per heavy atom. The van der Waals surface area contributed by atoms with Gasteiger partial charge in [0.15, 0.2) is 0 Å². The van der Waals surface area contributed by atoms with E-state index < -0.39 is 0 Å². The molecular formula is C16H24N2O3S. The van der Waals surface area contributed by atoms with Crippen molar-refractivity contribution in [2.75, 3.05) is 20.2 Å². The van der Waals surface area contributed by atoms with Crippen molar-refractivity contribution in [1.82, 2.24) is 9.88 Å². The lowest BCUT2D eigenvalue weighted by molar-refractivity contribution is -0.259. The molecule has 0 radical (unpaired) electrons. The Bertz CT molecular complexity index is 592. The van der Waals surface area contributed by atoms with Crippen LogP contribution in [0.3, 0.4) is 0 Å². The van der Waals surface area contributed by atoms with Crippen LogP contribution in [0.25, 0.3) is 0 Å². The van der Waals surface area contributed by atoms with E-state index in [0.29, 0.717) is 19.5 Å². The van der Waals surface area contributed by atoms with E-state index in [9.17, 15) is 9.90 Å². The summed E-state index contributed by atoms with van der Waals surface area (Å²) in [5.41, 5.74) is 0.355. The molecule has 122 valence electrons. The highest BCUT2D eigenvalue weighted by atomic mass is 32.1. The molecule has 2 atom stereocenters. The number of aromatic nitrogens is 1. The number of ether oxygens (including phenoxy) is 1. The lowest BCUT2D eigenvalue weighted by atomic mass is 9.51. The van der Waals surface area contributed by atoms with Crippen molar-refractivity contribution in [2.45, 2.75) is 51.7 Å². The zero-order chi connectivity index (χ0) is 16.1. The summed E-state index contributed by atoms with van der Waals surface area (Å²) in [4.78, 5) is 19.7. The number of aliphatic hydroxyl groups excluding tert-OH is 1. The van der Waals surface area contributed by atoms with E-state index >= 15 is 0 Å². The van der Waals surface area contributed by atoms with Crippen LogP contribution in [-0.4, -0.2) is 52.8 Å². The van der Waals surface area contributed by atoms with Gasteiger partial charge in [-0.25, -0.2) is 4.98 Å². The first kappa shape index (κ1) is 15.9. The fraction of sp³-hybridized carbons (Fsp3) is 0.750. The number of carbonyl (C=O) groups excluding carboxylic acids is 1. The first-order valence-corrected chi connectivity index (χ1v) is 8.61. The van der Waals surface area contributed by atoms with Crippen LogP contribution in [-0.2, 0) is 4.74 Å². The van der Waals surface area contributed by atoms with E-state index in [-0.39, 0.29) is 23.0 Å².